The van der Waals surface area contributed by atoms with Crippen molar-refractivity contribution in [2.24, 2.45) is 5.92 Å². The Bertz CT molecular complexity index is 528. The number of likely N-dealkylation sites (tertiary alicyclic amines) is 1. The van der Waals surface area contributed by atoms with Crippen LogP contribution in [0.3, 0.4) is 0 Å². The molecule has 1 aliphatic heterocycles. The second-order valence-electron chi connectivity index (χ2n) is 7.02. The highest BCUT2D eigenvalue weighted by Gasteiger charge is 2.25. The van der Waals surface area contributed by atoms with Gasteiger partial charge in [0.2, 0.25) is 5.91 Å². The van der Waals surface area contributed by atoms with Crippen molar-refractivity contribution in [1.82, 2.24) is 10.2 Å². The van der Waals surface area contributed by atoms with Crippen molar-refractivity contribution in [3.8, 4) is 0 Å². The average molecular weight is 329 g/mol. The van der Waals surface area contributed by atoms with Gasteiger partial charge in [0.1, 0.15) is 0 Å². The molecule has 0 spiro atoms. The number of rotatable bonds is 7. The zero-order valence-electron chi connectivity index (χ0n) is 14.8. The maximum Gasteiger partial charge on any atom is 0.224 e. The van der Waals surface area contributed by atoms with Gasteiger partial charge in [-0.15, -0.1) is 0 Å². The number of Topliss-reactive ketones (excluding diaryl/α,β-unsaturated/α-hetero) is 1. The fourth-order valence-electron chi connectivity index (χ4n) is 2.94. The second kappa shape index (κ2) is 9.58. The number of ketones is 1. The first-order valence-corrected chi connectivity index (χ1v) is 8.97. The summed E-state index contributed by atoms with van der Waals surface area (Å²) in [5, 5.41) is 2.89. The van der Waals surface area contributed by atoms with Crippen LogP contribution >= 0.6 is 0 Å². The zero-order chi connectivity index (χ0) is 17.4. The van der Waals surface area contributed by atoms with Gasteiger partial charge in [-0.2, -0.15) is 0 Å². The lowest BCUT2D eigenvalue weighted by Gasteiger charge is -2.19. The van der Waals surface area contributed by atoms with Crippen LogP contribution in [0.5, 0.6) is 0 Å². The summed E-state index contributed by atoms with van der Waals surface area (Å²) in [6, 6.07) is 10.0. The molecule has 0 aliphatic carbocycles. The molecular weight excluding hydrogens is 300 g/mol. The molecule has 1 aromatic carbocycles. The van der Waals surface area contributed by atoms with E-state index in [1.165, 1.54) is 5.56 Å². The number of amides is 1. The lowest BCUT2D eigenvalue weighted by atomic mass is 10.1. The lowest BCUT2D eigenvalue weighted by Crippen LogP contribution is -2.43. The lowest BCUT2D eigenvalue weighted by molar-refractivity contribution is -0.126. The zero-order valence-corrected chi connectivity index (χ0v) is 14.8. The number of nitrogens with zero attached hydrogens (tertiary/aromatic N) is 1. The molecule has 1 fully saturated rings. The first-order valence-electron chi connectivity index (χ1n) is 8.97. The molecule has 0 saturated carbocycles. The molecule has 1 saturated heterocycles. The minimum absolute atomic E-state index is 0.111. The molecule has 1 N–H and O–H groups in total. The Morgan fingerprint density at radius 1 is 1.33 bits per heavy atom. The number of carbonyl (C=O) groups excluding carboxylic acids is 2. The Morgan fingerprint density at radius 3 is 2.79 bits per heavy atom. The molecule has 1 aromatic rings. The van der Waals surface area contributed by atoms with Crippen LogP contribution in [0.2, 0.25) is 0 Å². The van der Waals surface area contributed by atoms with Crippen LogP contribution in [0.4, 0.5) is 0 Å². The quantitative estimate of drug-likeness (QED) is 0.836. The average Bonchev–Trinajstić information content (AvgIpc) is 2.74. The summed E-state index contributed by atoms with van der Waals surface area (Å²) in [5.74, 6) is 0.473. The number of benzene rings is 1. The van der Waals surface area contributed by atoms with E-state index in [0.29, 0.717) is 12.5 Å². The maximum absolute atomic E-state index is 12.4. The van der Waals surface area contributed by atoms with Crippen molar-refractivity contribution < 1.29 is 9.59 Å². The molecule has 0 bridgehead atoms. The van der Waals surface area contributed by atoms with Crippen molar-refractivity contribution in [2.75, 3.05) is 19.6 Å². The summed E-state index contributed by atoms with van der Waals surface area (Å²) in [7, 11) is 0. The van der Waals surface area contributed by atoms with E-state index in [-0.39, 0.29) is 17.7 Å². The van der Waals surface area contributed by atoms with E-state index in [4.69, 9.17) is 0 Å². The minimum atomic E-state index is -0.331. The molecule has 0 aromatic heterocycles. The third-order valence-corrected chi connectivity index (χ3v) is 4.39. The van der Waals surface area contributed by atoms with E-state index < -0.39 is 0 Å². The largest absolute Gasteiger partial charge is 0.346 e. The predicted molar refractivity (Wildman–Crippen MR) is 96.5 cm³/mol. The van der Waals surface area contributed by atoms with Gasteiger partial charge < -0.3 is 5.32 Å². The molecule has 2 rings (SSSR count). The summed E-state index contributed by atoms with van der Waals surface area (Å²) in [4.78, 5) is 26.6. The number of hydrogen-bond acceptors (Lipinski definition) is 3. The summed E-state index contributed by atoms with van der Waals surface area (Å²) >= 11 is 0. The van der Waals surface area contributed by atoms with Gasteiger partial charge in [0.15, 0.2) is 5.78 Å². The van der Waals surface area contributed by atoms with Crippen LogP contribution in [-0.2, 0) is 16.0 Å². The molecular formula is C20H29N2O2. The Hall–Kier alpha value is -1.68. The highest BCUT2D eigenvalue weighted by Crippen LogP contribution is 2.11. The van der Waals surface area contributed by atoms with Gasteiger partial charge in [0.25, 0.3) is 0 Å². The van der Waals surface area contributed by atoms with Crippen LogP contribution < -0.4 is 5.32 Å². The van der Waals surface area contributed by atoms with Gasteiger partial charge in [-0.05, 0) is 43.7 Å². The highest BCUT2D eigenvalue weighted by molar-refractivity contribution is 5.93. The van der Waals surface area contributed by atoms with Crippen LogP contribution in [0.15, 0.2) is 30.3 Å². The van der Waals surface area contributed by atoms with Crippen molar-refractivity contribution >= 4 is 11.7 Å². The molecule has 131 valence electrons. The predicted octanol–water partition coefficient (Wildman–Crippen LogP) is 2.63. The molecule has 4 heteroatoms. The van der Waals surface area contributed by atoms with Gasteiger partial charge in [-0.25, -0.2) is 0 Å². The van der Waals surface area contributed by atoms with Gasteiger partial charge in [-0.3, -0.25) is 14.5 Å². The minimum Gasteiger partial charge on any atom is -0.346 e. The van der Waals surface area contributed by atoms with Gasteiger partial charge in [-0.1, -0.05) is 44.2 Å². The third-order valence-electron chi connectivity index (χ3n) is 4.39. The molecule has 24 heavy (non-hydrogen) atoms. The molecule has 1 aliphatic rings. The molecule has 1 radical (unpaired) electrons. The van der Waals surface area contributed by atoms with Gasteiger partial charge in [0, 0.05) is 13.0 Å². The first-order chi connectivity index (χ1) is 11.5. The molecule has 1 unspecified atom stereocenters. The summed E-state index contributed by atoms with van der Waals surface area (Å²) in [6.07, 6.45) is 5.04. The first kappa shape index (κ1) is 18.7. The number of nitrogens with one attached hydrogen (secondary N) is 1. The number of hydrogen-bond donors (Lipinski definition) is 1. The topological polar surface area (TPSA) is 49.4 Å². The van der Waals surface area contributed by atoms with Crippen molar-refractivity contribution in [1.29, 1.82) is 0 Å². The fourth-order valence-corrected chi connectivity index (χ4v) is 2.94. The van der Waals surface area contributed by atoms with E-state index in [1.807, 2.05) is 18.2 Å². The second-order valence-corrected chi connectivity index (χ2v) is 7.02. The van der Waals surface area contributed by atoms with E-state index in [0.717, 1.165) is 38.8 Å². The molecule has 1 atom stereocenters. The van der Waals surface area contributed by atoms with Crippen LogP contribution in [0.25, 0.3) is 0 Å². The SMILES string of the molecule is CC(C)C[CH]C(=O)NC1CCCN(CCc2ccccc2)CC1=O. The fraction of sp³-hybridized carbons (Fsp3) is 0.550. The van der Waals surface area contributed by atoms with Gasteiger partial charge in [0.05, 0.1) is 12.6 Å². The van der Waals surface area contributed by atoms with Gasteiger partial charge >= 0.3 is 0 Å². The smallest absolute Gasteiger partial charge is 0.224 e. The van der Waals surface area contributed by atoms with E-state index >= 15 is 0 Å². The van der Waals surface area contributed by atoms with Crippen LogP contribution in [0.1, 0.15) is 38.7 Å². The van der Waals surface area contributed by atoms with Crippen LogP contribution in [0, 0.1) is 12.3 Å². The van der Waals surface area contributed by atoms with E-state index in [9.17, 15) is 9.59 Å². The summed E-state index contributed by atoms with van der Waals surface area (Å²) in [6.45, 7) is 6.38. The highest BCUT2D eigenvalue weighted by atomic mass is 16.2. The summed E-state index contributed by atoms with van der Waals surface area (Å²) < 4.78 is 0. The number of carbonyl (C=O) groups is 2. The Labute approximate surface area is 145 Å². The van der Waals surface area contributed by atoms with Crippen molar-refractivity contribution in [3.63, 3.8) is 0 Å². The maximum atomic E-state index is 12.4. The van der Waals surface area contributed by atoms with Crippen LogP contribution in [-0.4, -0.2) is 42.3 Å². The van der Waals surface area contributed by atoms with E-state index in [1.54, 1.807) is 6.42 Å². The summed E-state index contributed by atoms with van der Waals surface area (Å²) in [5.41, 5.74) is 1.29. The monoisotopic (exact) mass is 329 g/mol. The standard InChI is InChI=1S/C20H29N2O2/c1-16(2)10-11-20(24)21-18-9-6-13-22(15-19(18)23)14-12-17-7-4-3-5-8-17/h3-5,7-8,11,16,18H,6,9-10,12-15H2,1-2H3,(H,21,24). The Kier molecular flexibility index (Phi) is 7.44. The molecule has 4 nitrogen and oxygen atoms in total. The molecule has 1 heterocycles. The Balaban J connectivity index is 1.78. The normalized spacial score (nSPS) is 19.3. The van der Waals surface area contributed by atoms with Crippen molar-refractivity contribution in [3.05, 3.63) is 42.3 Å². The Morgan fingerprint density at radius 2 is 2.08 bits per heavy atom. The van der Waals surface area contributed by atoms with Crippen molar-refractivity contribution in [2.45, 2.75) is 45.6 Å². The molecule has 1 amide bonds. The van der Waals surface area contributed by atoms with E-state index in [2.05, 4.69) is 36.2 Å². The third kappa shape index (κ3) is 6.44.